The highest BCUT2D eigenvalue weighted by atomic mass is 14.9. The van der Waals surface area contributed by atoms with Crippen molar-refractivity contribution in [2.75, 3.05) is 12.4 Å². The number of anilines is 1. The summed E-state index contributed by atoms with van der Waals surface area (Å²) in [5, 5.41) is 3.08. The number of aliphatic imine (C=N–C) groups is 1. The van der Waals surface area contributed by atoms with Crippen LogP contribution in [-0.2, 0) is 0 Å². The summed E-state index contributed by atoms with van der Waals surface area (Å²) in [4.78, 5) is 3.89. The van der Waals surface area contributed by atoms with Crippen LogP contribution in [0.15, 0.2) is 23.2 Å². The summed E-state index contributed by atoms with van der Waals surface area (Å²) in [6.07, 6.45) is 0. The third-order valence-electron chi connectivity index (χ3n) is 1.67. The second-order valence-corrected chi connectivity index (χ2v) is 2.38. The van der Waals surface area contributed by atoms with E-state index in [0.717, 1.165) is 11.4 Å². The Kier molecular flexibility index (Phi) is 2.26. The van der Waals surface area contributed by atoms with Crippen molar-refractivity contribution >= 4 is 18.1 Å². The summed E-state index contributed by atoms with van der Waals surface area (Å²) >= 11 is 0. The number of benzene rings is 1. The molecule has 0 aliphatic carbocycles. The highest BCUT2D eigenvalue weighted by Crippen LogP contribution is 2.26. The summed E-state index contributed by atoms with van der Waals surface area (Å²) in [6.45, 7) is 5.53. The van der Waals surface area contributed by atoms with Crippen molar-refractivity contribution < 1.29 is 0 Å². The molecule has 0 saturated carbocycles. The molecule has 1 rings (SSSR count). The standard InChI is InChI=1S/C9H12N2/c1-7-5-4-6-8(10-2)9(7)11-3/h4-6,11H,2H2,1,3H3. The quantitative estimate of drug-likeness (QED) is 0.640. The molecule has 1 N–H and O–H groups in total. The molecule has 0 unspecified atom stereocenters. The molecule has 0 aromatic heterocycles. The normalized spacial score (nSPS) is 9.27. The number of nitrogens with one attached hydrogen (secondary N) is 1. The van der Waals surface area contributed by atoms with Gasteiger partial charge in [-0.3, -0.25) is 4.99 Å². The number of hydrogen-bond donors (Lipinski definition) is 1. The largest absolute Gasteiger partial charge is 0.386 e. The van der Waals surface area contributed by atoms with Crippen molar-refractivity contribution in [1.29, 1.82) is 0 Å². The molecule has 0 radical (unpaired) electrons. The lowest BCUT2D eigenvalue weighted by molar-refractivity contribution is 1.38. The molecule has 0 aliphatic rings. The minimum absolute atomic E-state index is 0.910. The van der Waals surface area contributed by atoms with E-state index in [1.165, 1.54) is 5.56 Å². The van der Waals surface area contributed by atoms with Gasteiger partial charge in [0.1, 0.15) is 0 Å². The molecule has 0 spiro atoms. The Hall–Kier alpha value is -1.31. The van der Waals surface area contributed by atoms with Crippen molar-refractivity contribution in [3.05, 3.63) is 23.8 Å². The maximum absolute atomic E-state index is 3.89. The van der Waals surface area contributed by atoms with Crippen LogP contribution in [0, 0.1) is 6.92 Å². The summed E-state index contributed by atoms with van der Waals surface area (Å²) in [5.41, 5.74) is 3.16. The van der Waals surface area contributed by atoms with Gasteiger partial charge in [-0.1, -0.05) is 12.1 Å². The first-order chi connectivity index (χ1) is 5.29. The lowest BCUT2D eigenvalue weighted by atomic mass is 10.2. The fourth-order valence-electron chi connectivity index (χ4n) is 1.11. The fourth-order valence-corrected chi connectivity index (χ4v) is 1.11. The van der Waals surface area contributed by atoms with Gasteiger partial charge in [0.25, 0.3) is 0 Å². The number of rotatable bonds is 2. The maximum atomic E-state index is 3.89. The van der Waals surface area contributed by atoms with E-state index in [0.29, 0.717) is 0 Å². The molecule has 11 heavy (non-hydrogen) atoms. The minimum atomic E-state index is 0.910. The first kappa shape index (κ1) is 7.79. The highest BCUT2D eigenvalue weighted by Gasteiger charge is 1.99. The van der Waals surface area contributed by atoms with Gasteiger partial charge in [-0.25, -0.2) is 0 Å². The molecule has 0 fully saturated rings. The molecule has 0 saturated heterocycles. The SMILES string of the molecule is C=Nc1cccc(C)c1NC. The van der Waals surface area contributed by atoms with Gasteiger partial charge in [0.05, 0.1) is 11.4 Å². The Morgan fingerprint density at radius 1 is 1.45 bits per heavy atom. The van der Waals surface area contributed by atoms with Crippen LogP contribution in [0.1, 0.15) is 5.56 Å². The van der Waals surface area contributed by atoms with Crippen molar-refractivity contribution in [2.24, 2.45) is 4.99 Å². The predicted octanol–water partition coefficient (Wildman–Crippen LogP) is 2.37. The molecule has 0 atom stereocenters. The Morgan fingerprint density at radius 3 is 2.64 bits per heavy atom. The van der Waals surface area contributed by atoms with E-state index in [4.69, 9.17) is 0 Å². The van der Waals surface area contributed by atoms with Crippen LogP contribution in [0.25, 0.3) is 0 Å². The van der Waals surface area contributed by atoms with Gasteiger partial charge in [-0.05, 0) is 25.3 Å². The average Bonchev–Trinajstić information content (AvgIpc) is 2.04. The lowest BCUT2D eigenvalue weighted by Crippen LogP contribution is -1.91. The van der Waals surface area contributed by atoms with Crippen LogP contribution < -0.4 is 5.32 Å². The first-order valence-corrected chi connectivity index (χ1v) is 3.53. The van der Waals surface area contributed by atoms with E-state index in [2.05, 4.69) is 17.0 Å². The summed E-state index contributed by atoms with van der Waals surface area (Å²) in [6, 6.07) is 5.95. The third-order valence-corrected chi connectivity index (χ3v) is 1.67. The van der Waals surface area contributed by atoms with Gasteiger partial charge in [0.2, 0.25) is 0 Å². The van der Waals surface area contributed by atoms with E-state index < -0.39 is 0 Å². The summed E-state index contributed by atoms with van der Waals surface area (Å²) in [7, 11) is 1.89. The zero-order valence-electron chi connectivity index (χ0n) is 6.89. The smallest absolute Gasteiger partial charge is 0.0856 e. The Labute approximate surface area is 67.0 Å². The van der Waals surface area contributed by atoms with E-state index >= 15 is 0 Å². The lowest BCUT2D eigenvalue weighted by Gasteiger charge is -2.06. The number of para-hydroxylation sites is 1. The van der Waals surface area contributed by atoms with Gasteiger partial charge in [-0.2, -0.15) is 0 Å². The maximum Gasteiger partial charge on any atom is 0.0856 e. The first-order valence-electron chi connectivity index (χ1n) is 3.53. The number of nitrogens with zero attached hydrogens (tertiary/aromatic N) is 1. The molecule has 0 heterocycles. The van der Waals surface area contributed by atoms with Gasteiger partial charge in [0.15, 0.2) is 0 Å². The number of aryl methyl sites for hydroxylation is 1. The van der Waals surface area contributed by atoms with E-state index in [9.17, 15) is 0 Å². The molecule has 1 aromatic rings. The van der Waals surface area contributed by atoms with Crippen LogP contribution in [-0.4, -0.2) is 13.8 Å². The summed E-state index contributed by atoms with van der Waals surface area (Å²) in [5.74, 6) is 0. The minimum Gasteiger partial charge on any atom is -0.386 e. The molecule has 0 amide bonds. The second-order valence-electron chi connectivity index (χ2n) is 2.38. The molecule has 2 heteroatoms. The van der Waals surface area contributed by atoms with Gasteiger partial charge < -0.3 is 5.32 Å². The average molecular weight is 148 g/mol. The van der Waals surface area contributed by atoms with Crippen molar-refractivity contribution in [3.8, 4) is 0 Å². The highest BCUT2D eigenvalue weighted by molar-refractivity contribution is 5.70. The molecular formula is C9H12N2. The third kappa shape index (κ3) is 1.40. The van der Waals surface area contributed by atoms with Crippen LogP contribution in [0.3, 0.4) is 0 Å². The Balaban J connectivity index is 3.23. The zero-order valence-corrected chi connectivity index (χ0v) is 6.89. The van der Waals surface area contributed by atoms with E-state index in [1.807, 2.05) is 32.2 Å². The van der Waals surface area contributed by atoms with E-state index in [-0.39, 0.29) is 0 Å². The van der Waals surface area contributed by atoms with E-state index in [1.54, 1.807) is 0 Å². The van der Waals surface area contributed by atoms with Crippen molar-refractivity contribution in [1.82, 2.24) is 0 Å². The van der Waals surface area contributed by atoms with Crippen LogP contribution >= 0.6 is 0 Å². The Bertz CT molecular complexity index is 266. The molecule has 0 aliphatic heterocycles. The topological polar surface area (TPSA) is 24.4 Å². The molecule has 1 aromatic carbocycles. The zero-order chi connectivity index (χ0) is 8.27. The van der Waals surface area contributed by atoms with Crippen molar-refractivity contribution in [2.45, 2.75) is 6.92 Å². The Morgan fingerprint density at radius 2 is 2.18 bits per heavy atom. The fraction of sp³-hybridized carbons (Fsp3) is 0.222. The van der Waals surface area contributed by atoms with Crippen LogP contribution in [0.4, 0.5) is 11.4 Å². The predicted molar refractivity (Wildman–Crippen MR) is 49.9 cm³/mol. The number of hydrogen-bond acceptors (Lipinski definition) is 2. The molecule has 58 valence electrons. The molecule has 2 nitrogen and oxygen atoms in total. The van der Waals surface area contributed by atoms with Crippen molar-refractivity contribution in [3.63, 3.8) is 0 Å². The van der Waals surface area contributed by atoms with Crippen LogP contribution in [0.2, 0.25) is 0 Å². The monoisotopic (exact) mass is 148 g/mol. The van der Waals surface area contributed by atoms with Gasteiger partial charge in [-0.15, -0.1) is 0 Å². The van der Waals surface area contributed by atoms with Gasteiger partial charge >= 0.3 is 0 Å². The van der Waals surface area contributed by atoms with Crippen LogP contribution in [0.5, 0.6) is 0 Å². The second kappa shape index (κ2) is 3.19. The molecule has 0 bridgehead atoms. The van der Waals surface area contributed by atoms with Gasteiger partial charge in [0, 0.05) is 7.05 Å². The summed E-state index contributed by atoms with van der Waals surface area (Å²) < 4.78 is 0. The molecular weight excluding hydrogens is 136 g/mol.